The topological polar surface area (TPSA) is 46.2 Å². The van der Waals surface area contributed by atoms with Crippen LogP contribution in [0.4, 0.5) is 17.6 Å². The Morgan fingerprint density at radius 1 is 1.27 bits per heavy atom. The van der Waals surface area contributed by atoms with Gasteiger partial charge < -0.3 is 10.8 Å². The van der Waals surface area contributed by atoms with E-state index in [1.807, 2.05) is 0 Å². The summed E-state index contributed by atoms with van der Waals surface area (Å²) in [4.78, 5) is 0. The summed E-state index contributed by atoms with van der Waals surface area (Å²) in [5.41, 5.74) is 4.10. The maximum atomic E-state index is 12.8. The second-order valence-corrected chi connectivity index (χ2v) is 3.06. The second-order valence-electron chi connectivity index (χ2n) is 3.06. The van der Waals surface area contributed by atoms with Crippen LogP contribution in [0.3, 0.4) is 0 Å². The van der Waals surface area contributed by atoms with Gasteiger partial charge in [0.05, 0.1) is 18.2 Å². The fraction of sp³-hybridized carbons (Fsp3) is 0.333. The van der Waals surface area contributed by atoms with Crippen LogP contribution in [-0.4, -0.2) is 11.7 Å². The number of rotatable bonds is 2. The smallest absolute Gasteiger partial charge is 0.394 e. The number of alkyl halides is 3. The fourth-order valence-corrected chi connectivity index (χ4v) is 1.10. The molecule has 1 aromatic carbocycles. The van der Waals surface area contributed by atoms with Crippen molar-refractivity contribution < 1.29 is 22.7 Å². The molecule has 0 spiro atoms. The molecule has 0 aliphatic rings. The standard InChI is InChI=1S/C9H9F4NO/c10-7-2-5(8(14)4-15)1-6(3-7)9(11,12)13/h1-3,8,15H,4,14H2. The van der Waals surface area contributed by atoms with E-state index in [2.05, 4.69) is 0 Å². The van der Waals surface area contributed by atoms with Gasteiger partial charge in [-0.25, -0.2) is 4.39 Å². The van der Waals surface area contributed by atoms with Crippen LogP contribution in [0.25, 0.3) is 0 Å². The lowest BCUT2D eigenvalue weighted by molar-refractivity contribution is -0.137. The molecule has 84 valence electrons. The SMILES string of the molecule is NC(CO)c1cc(F)cc(C(F)(F)F)c1. The first kappa shape index (κ1) is 11.9. The molecule has 0 saturated heterocycles. The number of halogens is 4. The van der Waals surface area contributed by atoms with E-state index in [0.29, 0.717) is 6.07 Å². The van der Waals surface area contributed by atoms with E-state index in [-0.39, 0.29) is 5.56 Å². The molecule has 15 heavy (non-hydrogen) atoms. The largest absolute Gasteiger partial charge is 0.416 e. The van der Waals surface area contributed by atoms with Crippen molar-refractivity contribution in [3.63, 3.8) is 0 Å². The molecule has 0 aliphatic heterocycles. The number of hydrogen-bond acceptors (Lipinski definition) is 2. The fourth-order valence-electron chi connectivity index (χ4n) is 1.10. The van der Waals surface area contributed by atoms with E-state index >= 15 is 0 Å². The number of aliphatic hydroxyl groups is 1. The van der Waals surface area contributed by atoms with Gasteiger partial charge in [-0.15, -0.1) is 0 Å². The average Bonchev–Trinajstić information content (AvgIpc) is 2.14. The van der Waals surface area contributed by atoms with Gasteiger partial charge in [0, 0.05) is 0 Å². The summed E-state index contributed by atoms with van der Waals surface area (Å²) < 4.78 is 49.6. The molecule has 3 N–H and O–H groups in total. The minimum Gasteiger partial charge on any atom is -0.394 e. The highest BCUT2D eigenvalue weighted by molar-refractivity contribution is 5.28. The van der Waals surface area contributed by atoms with E-state index in [1.165, 1.54) is 0 Å². The molecule has 0 radical (unpaired) electrons. The molecule has 0 amide bonds. The summed E-state index contributed by atoms with van der Waals surface area (Å²) in [6.07, 6.45) is -4.62. The highest BCUT2D eigenvalue weighted by atomic mass is 19.4. The van der Waals surface area contributed by atoms with E-state index < -0.39 is 30.2 Å². The molecule has 2 nitrogen and oxygen atoms in total. The van der Waals surface area contributed by atoms with Gasteiger partial charge in [-0.1, -0.05) is 0 Å². The predicted molar refractivity (Wildman–Crippen MR) is 45.4 cm³/mol. The highest BCUT2D eigenvalue weighted by Crippen LogP contribution is 2.31. The summed E-state index contributed by atoms with van der Waals surface area (Å²) in [5.74, 6) is -1.02. The van der Waals surface area contributed by atoms with Crippen molar-refractivity contribution in [3.05, 3.63) is 35.1 Å². The first-order valence-electron chi connectivity index (χ1n) is 4.08. The molecule has 6 heteroatoms. The monoisotopic (exact) mass is 223 g/mol. The Labute approximate surface area is 83.3 Å². The quantitative estimate of drug-likeness (QED) is 0.751. The number of benzene rings is 1. The normalized spacial score (nSPS) is 14.0. The van der Waals surface area contributed by atoms with Crippen LogP contribution < -0.4 is 5.73 Å². The maximum Gasteiger partial charge on any atom is 0.416 e. The molecule has 0 bridgehead atoms. The Bertz CT molecular complexity index is 350. The molecule has 0 aliphatic carbocycles. The molecular weight excluding hydrogens is 214 g/mol. The van der Waals surface area contributed by atoms with Gasteiger partial charge in [-0.2, -0.15) is 13.2 Å². The minimum atomic E-state index is -4.62. The van der Waals surface area contributed by atoms with Crippen LogP contribution in [0.2, 0.25) is 0 Å². The molecule has 1 unspecified atom stereocenters. The Balaban J connectivity index is 3.17. The molecular formula is C9H9F4NO. The zero-order valence-electron chi connectivity index (χ0n) is 7.55. The van der Waals surface area contributed by atoms with Crippen LogP contribution in [0, 0.1) is 5.82 Å². The van der Waals surface area contributed by atoms with Gasteiger partial charge in [0.25, 0.3) is 0 Å². The van der Waals surface area contributed by atoms with Crippen molar-refractivity contribution in [2.45, 2.75) is 12.2 Å². The first-order valence-corrected chi connectivity index (χ1v) is 4.08. The van der Waals surface area contributed by atoms with Crippen LogP contribution in [0.15, 0.2) is 18.2 Å². The lowest BCUT2D eigenvalue weighted by atomic mass is 10.0. The van der Waals surface area contributed by atoms with Crippen LogP contribution in [0.1, 0.15) is 17.2 Å². The molecule has 1 rings (SSSR count). The summed E-state index contributed by atoms with van der Waals surface area (Å²) >= 11 is 0. The Morgan fingerprint density at radius 3 is 2.33 bits per heavy atom. The molecule has 0 aromatic heterocycles. The summed E-state index contributed by atoms with van der Waals surface area (Å²) in [5, 5.41) is 8.64. The zero-order valence-corrected chi connectivity index (χ0v) is 7.55. The molecule has 0 heterocycles. The Morgan fingerprint density at radius 2 is 1.87 bits per heavy atom. The molecule has 0 fully saturated rings. The van der Waals surface area contributed by atoms with Crippen LogP contribution in [-0.2, 0) is 6.18 Å². The van der Waals surface area contributed by atoms with E-state index in [4.69, 9.17) is 10.8 Å². The zero-order chi connectivity index (χ0) is 11.6. The molecule has 1 aromatic rings. The van der Waals surface area contributed by atoms with E-state index in [0.717, 1.165) is 12.1 Å². The average molecular weight is 223 g/mol. The van der Waals surface area contributed by atoms with Crippen molar-refractivity contribution >= 4 is 0 Å². The minimum absolute atomic E-state index is 0.0789. The third kappa shape index (κ3) is 2.90. The number of aliphatic hydroxyl groups excluding tert-OH is 1. The van der Waals surface area contributed by atoms with Crippen molar-refractivity contribution in [3.8, 4) is 0 Å². The van der Waals surface area contributed by atoms with Gasteiger partial charge in [-0.3, -0.25) is 0 Å². The van der Waals surface area contributed by atoms with Crippen LogP contribution in [0.5, 0.6) is 0 Å². The Hall–Kier alpha value is -1.14. The summed E-state index contributed by atoms with van der Waals surface area (Å²) in [6.45, 7) is -0.541. The van der Waals surface area contributed by atoms with Crippen molar-refractivity contribution in [2.24, 2.45) is 5.73 Å². The number of nitrogens with two attached hydrogens (primary N) is 1. The van der Waals surface area contributed by atoms with Gasteiger partial charge in [0.15, 0.2) is 0 Å². The Kier molecular flexibility index (Phi) is 3.31. The van der Waals surface area contributed by atoms with Crippen molar-refractivity contribution in [2.75, 3.05) is 6.61 Å². The van der Waals surface area contributed by atoms with Crippen molar-refractivity contribution in [1.29, 1.82) is 0 Å². The van der Waals surface area contributed by atoms with Gasteiger partial charge in [0.2, 0.25) is 0 Å². The highest BCUT2D eigenvalue weighted by Gasteiger charge is 2.31. The van der Waals surface area contributed by atoms with Gasteiger partial charge >= 0.3 is 6.18 Å². The summed E-state index contributed by atoms with van der Waals surface area (Å²) in [6, 6.07) is 0.968. The third-order valence-electron chi connectivity index (χ3n) is 1.87. The maximum absolute atomic E-state index is 12.8. The summed E-state index contributed by atoms with van der Waals surface area (Å²) in [7, 11) is 0. The number of hydrogen-bond donors (Lipinski definition) is 2. The molecule has 1 atom stereocenters. The van der Waals surface area contributed by atoms with E-state index in [1.54, 1.807) is 0 Å². The lowest BCUT2D eigenvalue weighted by Crippen LogP contribution is -2.16. The van der Waals surface area contributed by atoms with Gasteiger partial charge in [0.1, 0.15) is 5.82 Å². The second kappa shape index (κ2) is 4.16. The van der Waals surface area contributed by atoms with E-state index in [9.17, 15) is 17.6 Å². The lowest BCUT2D eigenvalue weighted by Gasteiger charge is -2.12. The predicted octanol–water partition coefficient (Wildman–Crippen LogP) is 1.84. The van der Waals surface area contributed by atoms with Gasteiger partial charge in [-0.05, 0) is 23.8 Å². The first-order chi connectivity index (χ1) is 6.84. The van der Waals surface area contributed by atoms with Crippen molar-refractivity contribution in [1.82, 2.24) is 0 Å². The third-order valence-corrected chi connectivity index (χ3v) is 1.87. The molecule has 0 saturated carbocycles. The van der Waals surface area contributed by atoms with Crippen LogP contribution >= 0.6 is 0 Å².